The minimum Gasteiger partial charge on any atom is -0.379 e. The molecule has 1 heterocycles. The highest BCUT2D eigenvalue weighted by molar-refractivity contribution is 5.60. The van der Waals surface area contributed by atoms with Crippen molar-refractivity contribution >= 4 is 0 Å². The molecule has 1 aromatic heterocycles. The van der Waals surface area contributed by atoms with Crippen LogP contribution in [0.15, 0.2) is 30.3 Å². The number of hydrogen-bond donors (Lipinski definition) is 1. The third-order valence-corrected chi connectivity index (χ3v) is 3.30. The maximum atomic E-state index is 5.54. The average molecular weight is 302 g/mol. The third-order valence-electron chi connectivity index (χ3n) is 3.30. The van der Waals surface area contributed by atoms with Crippen LogP contribution in [0.3, 0.4) is 0 Å². The Balaban J connectivity index is 1.91. The van der Waals surface area contributed by atoms with Gasteiger partial charge in [0.25, 0.3) is 0 Å². The largest absolute Gasteiger partial charge is 0.379 e. The van der Waals surface area contributed by atoms with Gasteiger partial charge in [0.2, 0.25) is 0 Å². The first-order valence-electron chi connectivity index (χ1n) is 8.02. The molecule has 5 heteroatoms. The smallest absolute Gasteiger partial charge is 0.117 e. The van der Waals surface area contributed by atoms with E-state index < -0.39 is 0 Å². The van der Waals surface area contributed by atoms with Crippen LogP contribution in [-0.4, -0.2) is 34.2 Å². The summed E-state index contributed by atoms with van der Waals surface area (Å²) in [6.07, 6.45) is 1.30. The van der Waals surface area contributed by atoms with E-state index in [1.165, 1.54) is 0 Å². The van der Waals surface area contributed by atoms with Crippen molar-refractivity contribution in [3.8, 4) is 11.3 Å². The highest BCUT2D eigenvalue weighted by Gasteiger charge is 2.11. The fourth-order valence-corrected chi connectivity index (χ4v) is 2.19. The summed E-state index contributed by atoms with van der Waals surface area (Å²) in [6.45, 7) is 9.38. The molecule has 1 N–H and O–H groups in total. The highest BCUT2D eigenvalue weighted by atomic mass is 16.5. The minimum atomic E-state index is 0.300. The van der Waals surface area contributed by atoms with E-state index in [0.29, 0.717) is 6.10 Å². The predicted octanol–water partition coefficient (Wildman–Crippen LogP) is 2.87. The first kappa shape index (κ1) is 16.6. The van der Waals surface area contributed by atoms with Crippen molar-refractivity contribution < 1.29 is 4.74 Å². The summed E-state index contributed by atoms with van der Waals surface area (Å²) in [5.74, 6) is 0. The van der Waals surface area contributed by atoms with Gasteiger partial charge in [0.15, 0.2) is 0 Å². The lowest BCUT2D eigenvalue weighted by atomic mass is 10.1. The molecule has 120 valence electrons. The molecule has 0 saturated heterocycles. The van der Waals surface area contributed by atoms with E-state index in [1.807, 2.05) is 18.2 Å². The SMILES string of the molecule is CCn1nc(CNCCCOC(C)C)c(-c2ccccc2)n1. The van der Waals surface area contributed by atoms with Gasteiger partial charge in [-0.1, -0.05) is 30.3 Å². The van der Waals surface area contributed by atoms with Crippen LogP contribution in [-0.2, 0) is 17.8 Å². The molecule has 0 spiro atoms. The van der Waals surface area contributed by atoms with Gasteiger partial charge in [-0.2, -0.15) is 15.0 Å². The van der Waals surface area contributed by atoms with Crippen LogP contribution in [0.25, 0.3) is 11.3 Å². The number of aromatic nitrogens is 3. The second-order valence-corrected chi connectivity index (χ2v) is 5.50. The molecule has 0 atom stereocenters. The van der Waals surface area contributed by atoms with Crippen molar-refractivity contribution in [1.82, 2.24) is 20.3 Å². The van der Waals surface area contributed by atoms with Gasteiger partial charge in [-0.3, -0.25) is 0 Å². The molecule has 2 rings (SSSR count). The lowest BCUT2D eigenvalue weighted by molar-refractivity contribution is 0.0770. The molecule has 0 aliphatic rings. The molecule has 0 radical (unpaired) electrons. The zero-order valence-electron chi connectivity index (χ0n) is 13.7. The summed E-state index contributed by atoms with van der Waals surface area (Å²) < 4.78 is 5.54. The lowest BCUT2D eigenvalue weighted by Gasteiger charge is -2.07. The number of ether oxygens (including phenoxy) is 1. The van der Waals surface area contributed by atoms with E-state index in [2.05, 4.69) is 48.4 Å². The Morgan fingerprint density at radius 1 is 1.18 bits per heavy atom. The van der Waals surface area contributed by atoms with Crippen LogP contribution >= 0.6 is 0 Å². The second-order valence-electron chi connectivity index (χ2n) is 5.50. The van der Waals surface area contributed by atoms with E-state index in [9.17, 15) is 0 Å². The zero-order valence-corrected chi connectivity index (χ0v) is 13.7. The molecule has 0 amide bonds. The molecule has 22 heavy (non-hydrogen) atoms. The van der Waals surface area contributed by atoms with Crippen molar-refractivity contribution in [2.45, 2.75) is 46.4 Å². The van der Waals surface area contributed by atoms with Crippen molar-refractivity contribution in [3.05, 3.63) is 36.0 Å². The van der Waals surface area contributed by atoms with Gasteiger partial charge < -0.3 is 10.1 Å². The number of benzene rings is 1. The molecule has 5 nitrogen and oxygen atoms in total. The molecular formula is C17H26N4O. The molecule has 0 aliphatic carbocycles. The van der Waals surface area contributed by atoms with Crippen LogP contribution in [0.1, 0.15) is 32.9 Å². The molecule has 0 aliphatic heterocycles. The van der Waals surface area contributed by atoms with Crippen LogP contribution in [0.2, 0.25) is 0 Å². The maximum Gasteiger partial charge on any atom is 0.117 e. The standard InChI is InChI=1S/C17H26N4O/c1-4-21-19-16(13-18-11-8-12-22-14(2)3)17(20-21)15-9-6-5-7-10-15/h5-7,9-10,14,18H,4,8,11-13H2,1-3H3. The summed E-state index contributed by atoms with van der Waals surface area (Å²) in [7, 11) is 0. The van der Waals surface area contributed by atoms with Gasteiger partial charge in [0, 0.05) is 18.7 Å². The first-order valence-corrected chi connectivity index (χ1v) is 8.02. The van der Waals surface area contributed by atoms with Gasteiger partial charge in [-0.25, -0.2) is 0 Å². The molecule has 0 unspecified atom stereocenters. The Hall–Kier alpha value is -1.72. The molecule has 1 aromatic carbocycles. The fraction of sp³-hybridized carbons (Fsp3) is 0.529. The van der Waals surface area contributed by atoms with Gasteiger partial charge in [0.1, 0.15) is 11.4 Å². The number of aryl methyl sites for hydroxylation is 1. The topological polar surface area (TPSA) is 52.0 Å². The van der Waals surface area contributed by atoms with E-state index in [0.717, 1.165) is 49.6 Å². The van der Waals surface area contributed by atoms with Gasteiger partial charge >= 0.3 is 0 Å². The Morgan fingerprint density at radius 2 is 1.95 bits per heavy atom. The Morgan fingerprint density at radius 3 is 2.64 bits per heavy atom. The van der Waals surface area contributed by atoms with E-state index in [-0.39, 0.29) is 0 Å². The Bertz CT molecular complexity index is 551. The van der Waals surface area contributed by atoms with Crippen molar-refractivity contribution in [2.75, 3.05) is 13.2 Å². The summed E-state index contributed by atoms with van der Waals surface area (Å²) in [4.78, 5) is 1.75. The first-order chi connectivity index (χ1) is 10.7. The quantitative estimate of drug-likeness (QED) is 0.724. The van der Waals surface area contributed by atoms with Crippen LogP contribution in [0, 0.1) is 0 Å². The predicted molar refractivity (Wildman–Crippen MR) is 88.5 cm³/mol. The van der Waals surface area contributed by atoms with E-state index >= 15 is 0 Å². The number of nitrogens with zero attached hydrogens (tertiary/aromatic N) is 3. The molecule has 0 saturated carbocycles. The normalized spacial score (nSPS) is 11.3. The summed E-state index contributed by atoms with van der Waals surface area (Å²) in [5, 5.41) is 12.6. The van der Waals surface area contributed by atoms with Crippen molar-refractivity contribution in [3.63, 3.8) is 0 Å². The second kappa shape index (κ2) is 8.66. The third kappa shape index (κ3) is 4.93. The minimum absolute atomic E-state index is 0.300. The summed E-state index contributed by atoms with van der Waals surface area (Å²) >= 11 is 0. The van der Waals surface area contributed by atoms with Gasteiger partial charge in [0.05, 0.1) is 12.6 Å². The van der Waals surface area contributed by atoms with E-state index in [4.69, 9.17) is 4.74 Å². The molecule has 0 bridgehead atoms. The Kier molecular flexibility index (Phi) is 6.55. The average Bonchev–Trinajstić information content (AvgIpc) is 2.94. The zero-order chi connectivity index (χ0) is 15.8. The lowest BCUT2D eigenvalue weighted by Crippen LogP contribution is -2.18. The monoisotopic (exact) mass is 302 g/mol. The number of hydrogen-bond acceptors (Lipinski definition) is 4. The summed E-state index contributed by atoms with van der Waals surface area (Å²) in [6, 6.07) is 10.2. The van der Waals surface area contributed by atoms with Gasteiger partial charge in [-0.05, 0) is 33.7 Å². The van der Waals surface area contributed by atoms with Crippen molar-refractivity contribution in [2.24, 2.45) is 0 Å². The fourth-order valence-electron chi connectivity index (χ4n) is 2.19. The highest BCUT2D eigenvalue weighted by Crippen LogP contribution is 2.19. The molecule has 2 aromatic rings. The number of rotatable bonds is 9. The van der Waals surface area contributed by atoms with E-state index in [1.54, 1.807) is 4.80 Å². The molecule has 0 fully saturated rings. The van der Waals surface area contributed by atoms with Crippen LogP contribution in [0.4, 0.5) is 0 Å². The number of nitrogens with one attached hydrogen (secondary N) is 1. The molecular weight excluding hydrogens is 276 g/mol. The summed E-state index contributed by atoms with van der Waals surface area (Å²) in [5.41, 5.74) is 3.08. The van der Waals surface area contributed by atoms with Gasteiger partial charge in [-0.15, -0.1) is 0 Å². The maximum absolute atomic E-state index is 5.54. The van der Waals surface area contributed by atoms with Crippen LogP contribution < -0.4 is 5.32 Å². The van der Waals surface area contributed by atoms with Crippen molar-refractivity contribution in [1.29, 1.82) is 0 Å². The van der Waals surface area contributed by atoms with Crippen LogP contribution in [0.5, 0.6) is 0 Å². The Labute approximate surface area is 132 Å².